The van der Waals surface area contributed by atoms with Crippen molar-refractivity contribution in [1.82, 2.24) is 0 Å². The topological polar surface area (TPSA) is 18.5 Å². The Hall–Kier alpha value is -2.38. The second kappa shape index (κ2) is 12.0. The molecule has 1 aliphatic carbocycles. The zero-order valence-electron chi connectivity index (χ0n) is 19.9. The van der Waals surface area contributed by atoms with Crippen LogP contribution in [0.1, 0.15) is 88.2 Å². The summed E-state index contributed by atoms with van der Waals surface area (Å²) >= 11 is 0. The number of benzene rings is 2. The van der Waals surface area contributed by atoms with Crippen LogP contribution in [0.3, 0.4) is 0 Å². The number of halogens is 6. The second-order valence-electron chi connectivity index (χ2n) is 9.30. The van der Waals surface area contributed by atoms with E-state index in [2.05, 4.69) is 16.4 Å². The quantitative estimate of drug-likeness (QED) is 0.225. The Balaban J connectivity index is 1.55. The summed E-state index contributed by atoms with van der Waals surface area (Å²) in [6.07, 6.45) is 2.58. The van der Waals surface area contributed by atoms with E-state index in [9.17, 15) is 26.3 Å². The fourth-order valence-corrected chi connectivity index (χ4v) is 4.75. The number of hydrogen-bond donors (Lipinski definition) is 0. The van der Waals surface area contributed by atoms with Gasteiger partial charge in [-0.25, -0.2) is 4.39 Å². The maximum Gasteiger partial charge on any atom is 0.573 e. The van der Waals surface area contributed by atoms with Gasteiger partial charge in [-0.05, 0) is 79.5 Å². The van der Waals surface area contributed by atoms with Gasteiger partial charge in [0.05, 0.1) is 5.56 Å². The molecule has 2 aromatic carbocycles. The first-order valence-electron chi connectivity index (χ1n) is 12.3. The smallest absolute Gasteiger partial charge is 0.429 e. The van der Waals surface area contributed by atoms with Crippen LogP contribution < -0.4 is 9.47 Å². The van der Waals surface area contributed by atoms with Gasteiger partial charge in [-0.1, -0.05) is 51.5 Å². The minimum atomic E-state index is -4.90. The van der Waals surface area contributed by atoms with Gasteiger partial charge in [0.1, 0.15) is 17.3 Å². The molecule has 0 unspecified atom stereocenters. The summed E-state index contributed by atoms with van der Waals surface area (Å²) in [6, 6.07) is 7.22. The molecule has 0 atom stereocenters. The van der Waals surface area contributed by atoms with E-state index in [1.807, 2.05) is 0 Å². The molecule has 3 rings (SSSR count). The number of unbranched alkanes of at least 4 members (excludes halogenated alkanes) is 4. The zero-order chi connectivity index (χ0) is 25.5. The predicted molar refractivity (Wildman–Crippen MR) is 122 cm³/mol. The van der Waals surface area contributed by atoms with Crippen LogP contribution in [0, 0.1) is 11.7 Å². The zero-order valence-corrected chi connectivity index (χ0v) is 19.9. The van der Waals surface area contributed by atoms with Gasteiger partial charge in [-0.3, -0.25) is 0 Å². The van der Waals surface area contributed by atoms with Crippen molar-refractivity contribution in [2.75, 3.05) is 0 Å². The van der Waals surface area contributed by atoms with E-state index in [1.165, 1.54) is 44.6 Å². The van der Waals surface area contributed by atoms with E-state index in [0.717, 1.165) is 62.1 Å². The summed E-state index contributed by atoms with van der Waals surface area (Å²) in [7, 11) is 0. The van der Waals surface area contributed by atoms with Crippen LogP contribution in [0.2, 0.25) is 0 Å². The van der Waals surface area contributed by atoms with Gasteiger partial charge < -0.3 is 9.47 Å². The van der Waals surface area contributed by atoms with Crippen molar-refractivity contribution in [3.63, 3.8) is 0 Å². The Morgan fingerprint density at radius 3 is 1.94 bits per heavy atom. The third-order valence-electron chi connectivity index (χ3n) is 6.64. The van der Waals surface area contributed by atoms with E-state index >= 15 is 0 Å². The summed E-state index contributed by atoms with van der Waals surface area (Å²) in [4.78, 5) is 0. The third kappa shape index (κ3) is 8.36. The van der Waals surface area contributed by atoms with Crippen molar-refractivity contribution in [2.24, 2.45) is 5.92 Å². The molecule has 1 saturated carbocycles. The number of alkyl halides is 5. The van der Waals surface area contributed by atoms with Gasteiger partial charge >= 0.3 is 12.5 Å². The number of rotatable bonds is 11. The Morgan fingerprint density at radius 1 is 0.771 bits per heavy atom. The molecule has 194 valence electrons. The molecule has 0 N–H and O–H groups in total. The van der Waals surface area contributed by atoms with Gasteiger partial charge in [-0.2, -0.15) is 8.78 Å². The Kier molecular flexibility index (Phi) is 9.36. The van der Waals surface area contributed by atoms with E-state index in [0.29, 0.717) is 11.5 Å². The average molecular weight is 503 g/mol. The molecule has 0 amide bonds. The molecule has 2 aromatic rings. The first kappa shape index (κ1) is 27.2. The first-order chi connectivity index (χ1) is 16.6. The van der Waals surface area contributed by atoms with Crippen LogP contribution >= 0.6 is 0 Å². The number of ether oxygens (including phenoxy) is 2. The normalized spacial score (nSPS) is 18.9. The van der Waals surface area contributed by atoms with Gasteiger partial charge in [0.25, 0.3) is 0 Å². The molecule has 0 aliphatic heterocycles. The molecule has 0 bridgehead atoms. The van der Waals surface area contributed by atoms with E-state index < -0.39 is 35.4 Å². The van der Waals surface area contributed by atoms with E-state index in [1.54, 1.807) is 0 Å². The lowest BCUT2D eigenvalue weighted by Gasteiger charge is -2.29. The summed E-state index contributed by atoms with van der Waals surface area (Å²) in [6.45, 7) is 2.20. The highest BCUT2D eigenvalue weighted by atomic mass is 19.4. The highest BCUT2D eigenvalue weighted by Gasteiger charge is 2.38. The molecule has 1 fully saturated rings. The van der Waals surface area contributed by atoms with Crippen molar-refractivity contribution >= 4 is 0 Å². The van der Waals surface area contributed by atoms with Crippen molar-refractivity contribution in [2.45, 2.75) is 89.5 Å². The fraction of sp³-hybridized carbons (Fsp3) is 0.556. The lowest BCUT2D eigenvalue weighted by Crippen LogP contribution is -2.24. The summed E-state index contributed by atoms with van der Waals surface area (Å²) in [5.41, 5.74) is -0.213. The first-order valence-corrected chi connectivity index (χ1v) is 12.3. The average Bonchev–Trinajstić information content (AvgIpc) is 2.79. The molecule has 1 aliphatic rings. The molecule has 0 heterocycles. The second-order valence-corrected chi connectivity index (χ2v) is 9.30. The molecule has 0 saturated heterocycles. The van der Waals surface area contributed by atoms with Crippen molar-refractivity contribution in [3.05, 3.63) is 59.4 Å². The minimum Gasteiger partial charge on any atom is -0.429 e. The molecule has 0 spiro atoms. The van der Waals surface area contributed by atoms with Crippen LogP contribution in [0.4, 0.5) is 26.3 Å². The van der Waals surface area contributed by atoms with Crippen LogP contribution in [0.25, 0.3) is 0 Å². The van der Waals surface area contributed by atoms with Crippen molar-refractivity contribution in [3.8, 4) is 11.5 Å². The fourth-order valence-electron chi connectivity index (χ4n) is 4.75. The maximum absolute atomic E-state index is 14.7. The molecule has 2 nitrogen and oxygen atoms in total. The van der Waals surface area contributed by atoms with Crippen LogP contribution in [0.5, 0.6) is 11.5 Å². The monoisotopic (exact) mass is 502 g/mol. The van der Waals surface area contributed by atoms with Crippen LogP contribution in [-0.2, 0) is 6.11 Å². The number of hydrogen-bond acceptors (Lipinski definition) is 2. The van der Waals surface area contributed by atoms with Crippen LogP contribution in [0.15, 0.2) is 42.5 Å². The van der Waals surface area contributed by atoms with Crippen LogP contribution in [-0.4, -0.2) is 6.36 Å². The Labute approximate surface area is 202 Å². The van der Waals surface area contributed by atoms with Gasteiger partial charge in [0.2, 0.25) is 0 Å². The summed E-state index contributed by atoms with van der Waals surface area (Å²) in [5, 5.41) is 0. The van der Waals surface area contributed by atoms with E-state index in [-0.39, 0.29) is 5.92 Å². The Bertz CT molecular complexity index is 918. The SMILES string of the molecule is CCCCCCC[C@H]1CC[C@H](c2ccc(C(F)(F)Oc3ccc(OC(F)(F)F)cc3)c(F)c2)CC1. The van der Waals surface area contributed by atoms with Gasteiger partial charge in [-0.15, -0.1) is 13.2 Å². The summed E-state index contributed by atoms with van der Waals surface area (Å²) < 4.78 is 88.9. The maximum atomic E-state index is 14.7. The molecule has 0 aromatic heterocycles. The standard InChI is InChI=1S/C27H32F6O2/c1-2-3-4-5-6-7-19-8-10-20(11-9-19)21-12-17-24(25(28)18-21)26(29,30)34-22-13-15-23(16-14-22)35-27(31,32)33/h12-20H,2-11H2,1H3/t19-,20-. The minimum absolute atomic E-state index is 0.144. The molecule has 8 heteroatoms. The lowest BCUT2D eigenvalue weighted by molar-refractivity contribution is -0.274. The Morgan fingerprint density at radius 2 is 1.37 bits per heavy atom. The third-order valence-corrected chi connectivity index (χ3v) is 6.64. The van der Waals surface area contributed by atoms with Crippen molar-refractivity contribution < 1.29 is 35.8 Å². The summed E-state index contributed by atoms with van der Waals surface area (Å²) in [5.74, 6) is -1.23. The highest BCUT2D eigenvalue weighted by molar-refractivity contribution is 5.34. The van der Waals surface area contributed by atoms with Gasteiger partial charge in [0.15, 0.2) is 0 Å². The van der Waals surface area contributed by atoms with Crippen molar-refractivity contribution in [1.29, 1.82) is 0 Å². The molecular formula is C27H32F6O2. The predicted octanol–water partition coefficient (Wildman–Crippen LogP) is 9.49. The molecule has 35 heavy (non-hydrogen) atoms. The largest absolute Gasteiger partial charge is 0.573 e. The van der Waals surface area contributed by atoms with Gasteiger partial charge in [0, 0.05) is 0 Å². The molecular weight excluding hydrogens is 470 g/mol. The van der Waals surface area contributed by atoms with E-state index in [4.69, 9.17) is 0 Å². The highest BCUT2D eigenvalue weighted by Crippen LogP contribution is 2.40. The lowest BCUT2D eigenvalue weighted by atomic mass is 9.77. The molecule has 0 radical (unpaired) electrons.